The Balaban J connectivity index is 3.57. The second kappa shape index (κ2) is 3.97. The van der Waals surface area contributed by atoms with Crippen molar-refractivity contribution in [1.82, 2.24) is 4.98 Å². The summed E-state index contributed by atoms with van der Waals surface area (Å²) in [6.45, 7) is 0.958. The third-order valence-electron chi connectivity index (χ3n) is 1.91. The molecule has 1 aromatic heterocycles. The van der Waals surface area contributed by atoms with Crippen LogP contribution in [-0.2, 0) is 6.61 Å². The lowest BCUT2D eigenvalue weighted by molar-refractivity contribution is 0.111. The Kier molecular flexibility index (Phi) is 2.93. The zero-order chi connectivity index (χ0) is 10.7. The van der Waals surface area contributed by atoms with E-state index in [1.165, 1.54) is 6.92 Å². The highest BCUT2D eigenvalue weighted by atomic mass is 16.3. The number of pyridine rings is 1. The number of hydrogen-bond acceptors (Lipinski definition) is 5. The average molecular weight is 195 g/mol. The van der Waals surface area contributed by atoms with Crippen LogP contribution < -0.4 is 0 Å². The van der Waals surface area contributed by atoms with Gasteiger partial charge in [0.1, 0.15) is 11.4 Å². The van der Waals surface area contributed by atoms with Gasteiger partial charge in [-0.2, -0.15) is 0 Å². The number of carbonyl (C=O) groups is 2. The van der Waals surface area contributed by atoms with Gasteiger partial charge in [0.25, 0.3) is 0 Å². The van der Waals surface area contributed by atoms with Crippen molar-refractivity contribution in [3.05, 3.63) is 22.5 Å². The van der Waals surface area contributed by atoms with Crippen molar-refractivity contribution in [2.45, 2.75) is 13.5 Å². The molecule has 0 unspecified atom stereocenters. The van der Waals surface area contributed by atoms with Gasteiger partial charge in [0.2, 0.25) is 0 Å². The van der Waals surface area contributed by atoms with E-state index in [4.69, 9.17) is 5.11 Å². The Bertz CT molecular complexity index is 387. The summed E-state index contributed by atoms with van der Waals surface area (Å²) >= 11 is 0. The van der Waals surface area contributed by atoms with E-state index in [-0.39, 0.29) is 28.3 Å². The van der Waals surface area contributed by atoms with Crippen LogP contribution in [-0.4, -0.2) is 27.8 Å². The molecule has 74 valence electrons. The quantitative estimate of drug-likeness (QED) is 0.673. The summed E-state index contributed by atoms with van der Waals surface area (Å²) in [5.74, 6) is -0.297. The third kappa shape index (κ3) is 1.49. The SMILES string of the molecule is Cc1nc(C=O)c(CO)c(C=O)c1O. The van der Waals surface area contributed by atoms with Gasteiger partial charge in [0, 0.05) is 5.56 Å². The van der Waals surface area contributed by atoms with Crippen LogP contribution >= 0.6 is 0 Å². The van der Waals surface area contributed by atoms with Crippen LogP contribution in [0.5, 0.6) is 5.75 Å². The zero-order valence-corrected chi connectivity index (χ0v) is 7.52. The molecule has 0 fully saturated rings. The second-order valence-electron chi connectivity index (χ2n) is 2.72. The standard InChI is InChI=1S/C9H9NO4/c1-5-9(14)7(3-12)6(2-11)8(4-13)10-5/h3-4,11,14H,2H2,1H3. The molecule has 1 rings (SSSR count). The maximum Gasteiger partial charge on any atom is 0.168 e. The number of aromatic hydroxyl groups is 1. The molecule has 0 aliphatic heterocycles. The molecule has 0 radical (unpaired) electrons. The van der Waals surface area contributed by atoms with Gasteiger partial charge in [-0.1, -0.05) is 0 Å². The van der Waals surface area contributed by atoms with Crippen molar-refractivity contribution in [3.63, 3.8) is 0 Å². The molecule has 0 saturated carbocycles. The van der Waals surface area contributed by atoms with E-state index in [0.717, 1.165) is 0 Å². The maximum atomic E-state index is 10.6. The topological polar surface area (TPSA) is 87.5 Å². The molecular formula is C9H9NO4. The highest BCUT2D eigenvalue weighted by Crippen LogP contribution is 2.24. The summed E-state index contributed by atoms with van der Waals surface area (Å²) in [6, 6.07) is 0. The fraction of sp³-hybridized carbons (Fsp3) is 0.222. The fourth-order valence-corrected chi connectivity index (χ4v) is 1.17. The van der Waals surface area contributed by atoms with Crippen molar-refractivity contribution < 1.29 is 19.8 Å². The van der Waals surface area contributed by atoms with Crippen LogP contribution in [0.15, 0.2) is 0 Å². The summed E-state index contributed by atoms with van der Waals surface area (Å²) < 4.78 is 0. The first-order valence-electron chi connectivity index (χ1n) is 3.89. The first-order chi connectivity index (χ1) is 6.65. The first kappa shape index (κ1) is 10.3. The number of aliphatic hydroxyl groups is 1. The minimum Gasteiger partial charge on any atom is -0.505 e. The molecule has 5 heteroatoms. The second-order valence-corrected chi connectivity index (χ2v) is 2.72. The minimum absolute atomic E-state index is 0.0232. The van der Waals surface area contributed by atoms with Gasteiger partial charge in [0.05, 0.1) is 17.9 Å². The smallest absolute Gasteiger partial charge is 0.168 e. The van der Waals surface area contributed by atoms with E-state index in [2.05, 4.69) is 4.98 Å². The Labute approximate surface area is 80.0 Å². The molecule has 0 spiro atoms. The highest BCUT2D eigenvalue weighted by molar-refractivity contribution is 5.87. The van der Waals surface area contributed by atoms with Crippen LogP contribution in [0.25, 0.3) is 0 Å². The van der Waals surface area contributed by atoms with Crippen molar-refractivity contribution in [2.75, 3.05) is 0 Å². The summed E-state index contributed by atoms with van der Waals surface area (Å²) in [7, 11) is 0. The van der Waals surface area contributed by atoms with Crippen LogP contribution in [0.4, 0.5) is 0 Å². The maximum absolute atomic E-state index is 10.6. The van der Waals surface area contributed by atoms with Crippen molar-refractivity contribution in [1.29, 1.82) is 0 Å². The molecule has 0 saturated heterocycles. The van der Waals surface area contributed by atoms with Gasteiger partial charge in [-0.25, -0.2) is 4.98 Å². The monoisotopic (exact) mass is 195 g/mol. The van der Waals surface area contributed by atoms with E-state index in [0.29, 0.717) is 12.6 Å². The van der Waals surface area contributed by atoms with E-state index in [1.54, 1.807) is 0 Å². The Morgan fingerprint density at radius 2 is 2.00 bits per heavy atom. The molecule has 0 atom stereocenters. The van der Waals surface area contributed by atoms with E-state index in [9.17, 15) is 14.7 Å². The molecule has 0 bridgehead atoms. The van der Waals surface area contributed by atoms with Crippen molar-refractivity contribution >= 4 is 12.6 Å². The lowest BCUT2D eigenvalue weighted by Crippen LogP contribution is -2.04. The van der Waals surface area contributed by atoms with Crippen LogP contribution in [0.3, 0.4) is 0 Å². The van der Waals surface area contributed by atoms with Gasteiger partial charge < -0.3 is 10.2 Å². The molecular weight excluding hydrogens is 186 g/mol. The number of carbonyl (C=O) groups excluding carboxylic acids is 2. The number of hydrogen-bond donors (Lipinski definition) is 2. The van der Waals surface area contributed by atoms with Gasteiger partial charge in [-0.3, -0.25) is 9.59 Å². The van der Waals surface area contributed by atoms with Crippen LogP contribution in [0.2, 0.25) is 0 Å². The zero-order valence-electron chi connectivity index (χ0n) is 7.52. The van der Waals surface area contributed by atoms with Gasteiger partial charge >= 0.3 is 0 Å². The summed E-state index contributed by atoms with van der Waals surface area (Å²) in [5, 5.41) is 18.3. The summed E-state index contributed by atoms with van der Waals surface area (Å²) in [6.07, 6.45) is 0.827. The lowest BCUT2D eigenvalue weighted by Gasteiger charge is -2.08. The average Bonchev–Trinajstić information content (AvgIpc) is 2.20. The van der Waals surface area contributed by atoms with E-state index < -0.39 is 6.61 Å². The molecule has 2 N–H and O–H groups in total. The van der Waals surface area contributed by atoms with Crippen LogP contribution in [0, 0.1) is 6.92 Å². The van der Waals surface area contributed by atoms with Crippen LogP contribution in [0.1, 0.15) is 32.1 Å². The molecule has 1 heterocycles. The summed E-state index contributed by atoms with van der Waals surface area (Å²) in [5.41, 5.74) is 0.136. The minimum atomic E-state index is -0.511. The van der Waals surface area contributed by atoms with Gasteiger partial charge in [-0.15, -0.1) is 0 Å². The van der Waals surface area contributed by atoms with Crippen molar-refractivity contribution in [3.8, 4) is 5.75 Å². The molecule has 0 amide bonds. The van der Waals surface area contributed by atoms with Crippen molar-refractivity contribution in [2.24, 2.45) is 0 Å². The number of aryl methyl sites for hydroxylation is 1. The third-order valence-corrected chi connectivity index (χ3v) is 1.91. The number of nitrogens with zero attached hydrogens (tertiary/aromatic N) is 1. The van der Waals surface area contributed by atoms with E-state index in [1.807, 2.05) is 0 Å². The largest absolute Gasteiger partial charge is 0.505 e. The molecule has 5 nitrogen and oxygen atoms in total. The molecule has 14 heavy (non-hydrogen) atoms. The molecule has 0 aliphatic carbocycles. The Morgan fingerprint density at radius 1 is 1.36 bits per heavy atom. The van der Waals surface area contributed by atoms with Gasteiger partial charge in [-0.05, 0) is 6.92 Å². The first-order valence-corrected chi connectivity index (χ1v) is 3.89. The molecule has 0 aromatic carbocycles. The van der Waals surface area contributed by atoms with E-state index >= 15 is 0 Å². The predicted octanol–water partition coefficient (Wildman–Crippen LogP) is 0.213. The normalized spacial score (nSPS) is 9.86. The number of rotatable bonds is 3. The number of aromatic nitrogens is 1. The predicted molar refractivity (Wildman–Crippen MR) is 47.3 cm³/mol. The lowest BCUT2D eigenvalue weighted by atomic mass is 10.1. The fourth-order valence-electron chi connectivity index (χ4n) is 1.17. The molecule has 1 aromatic rings. The molecule has 0 aliphatic rings. The Morgan fingerprint density at radius 3 is 2.43 bits per heavy atom. The summed E-state index contributed by atoms with van der Waals surface area (Å²) in [4.78, 5) is 24.9. The Hall–Kier alpha value is -1.75. The number of aliphatic hydroxyl groups excluding tert-OH is 1. The number of aldehydes is 2. The van der Waals surface area contributed by atoms with Gasteiger partial charge in [0.15, 0.2) is 12.6 Å². The highest BCUT2D eigenvalue weighted by Gasteiger charge is 2.15.